The molecular formula is C11H22O11S2. The van der Waals surface area contributed by atoms with Gasteiger partial charge in [0.2, 0.25) is 10.4 Å². The summed E-state index contributed by atoms with van der Waals surface area (Å²) in [6.07, 6.45) is -10.2. The average Bonchev–Trinajstić information content (AvgIpc) is 2.76. The van der Waals surface area contributed by atoms with E-state index in [4.69, 9.17) is 5.11 Å². The van der Waals surface area contributed by atoms with Crippen LogP contribution in [-0.4, -0.2) is 115 Å². The van der Waals surface area contributed by atoms with Gasteiger partial charge >= 0.3 is 0 Å². The van der Waals surface area contributed by atoms with Gasteiger partial charge in [-0.15, -0.1) is 0 Å². The molecule has 144 valence electrons. The number of aliphatic hydroxyl groups is 7. The number of hydrogen-bond donors (Lipinski definition) is 7. The summed E-state index contributed by atoms with van der Waals surface area (Å²) in [5.74, 6) is -0.298. The van der Waals surface area contributed by atoms with Gasteiger partial charge in [-0.05, 0) is 0 Å². The van der Waals surface area contributed by atoms with Gasteiger partial charge in [0.05, 0.1) is 13.2 Å². The molecule has 0 aromatic heterocycles. The molecule has 1 aliphatic heterocycles. The third kappa shape index (κ3) is 5.74. The highest BCUT2D eigenvalue weighted by atomic mass is 32.3. The molecule has 0 aliphatic carbocycles. The molecule has 1 fully saturated rings. The van der Waals surface area contributed by atoms with E-state index in [1.165, 1.54) is 0 Å². The highest BCUT2D eigenvalue weighted by Crippen LogP contribution is 2.26. The second-order valence-corrected chi connectivity index (χ2v) is 8.78. The van der Waals surface area contributed by atoms with Gasteiger partial charge in [0.15, 0.2) is 5.25 Å². The number of hydrogen-bond acceptors (Lipinski definition) is 11. The van der Waals surface area contributed by atoms with E-state index in [2.05, 4.69) is 4.18 Å². The van der Waals surface area contributed by atoms with Crippen molar-refractivity contribution in [3.8, 4) is 0 Å². The second kappa shape index (κ2) is 9.05. The van der Waals surface area contributed by atoms with Gasteiger partial charge in [0.25, 0.3) is 0 Å². The molecule has 24 heavy (non-hydrogen) atoms. The molecule has 1 saturated heterocycles. The fourth-order valence-corrected chi connectivity index (χ4v) is 5.61. The summed E-state index contributed by atoms with van der Waals surface area (Å²) in [4.78, 5) is 0. The summed E-state index contributed by atoms with van der Waals surface area (Å²) >= 11 is 0. The first-order valence-electron chi connectivity index (χ1n) is 6.94. The Labute approximate surface area is 141 Å². The van der Waals surface area contributed by atoms with Crippen LogP contribution in [0.1, 0.15) is 0 Å². The van der Waals surface area contributed by atoms with Crippen molar-refractivity contribution in [1.29, 1.82) is 0 Å². The van der Waals surface area contributed by atoms with Crippen LogP contribution in [0.2, 0.25) is 0 Å². The zero-order valence-corrected chi connectivity index (χ0v) is 14.1. The lowest BCUT2D eigenvalue weighted by molar-refractivity contribution is -0.100. The summed E-state index contributed by atoms with van der Waals surface area (Å²) in [7, 11) is -6.31. The van der Waals surface area contributed by atoms with E-state index in [0.29, 0.717) is 0 Å². The molecular weight excluding hydrogens is 372 g/mol. The van der Waals surface area contributed by atoms with Crippen molar-refractivity contribution in [2.24, 2.45) is 0 Å². The molecule has 7 N–H and O–H groups in total. The summed E-state index contributed by atoms with van der Waals surface area (Å²) in [6, 6.07) is 0. The molecule has 0 aromatic carbocycles. The fourth-order valence-electron chi connectivity index (χ4n) is 2.42. The van der Waals surface area contributed by atoms with Crippen LogP contribution in [0.15, 0.2) is 0 Å². The monoisotopic (exact) mass is 394 g/mol. The maximum atomic E-state index is 10.8. The van der Waals surface area contributed by atoms with Crippen LogP contribution in [0.3, 0.4) is 0 Å². The zero-order chi connectivity index (χ0) is 18.7. The quantitative estimate of drug-likeness (QED) is 0.111. The molecule has 1 rings (SSSR count). The topological polar surface area (TPSA) is 208 Å². The minimum absolute atomic E-state index is 0.0128. The van der Waals surface area contributed by atoms with Crippen LogP contribution in [0.4, 0.5) is 0 Å². The minimum Gasteiger partial charge on any atom is -0.726 e. The van der Waals surface area contributed by atoms with Crippen molar-refractivity contribution in [3.63, 3.8) is 0 Å². The average molecular weight is 394 g/mol. The first-order chi connectivity index (χ1) is 11.0. The van der Waals surface area contributed by atoms with Crippen molar-refractivity contribution in [3.05, 3.63) is 0 Å². The van der Waals surface area contributed by atoms with E-state index < -0.39 is 76.4 Å². The second-order valence-electron chi connectivity index (χ2n) is 5.43. The summed E-state index contributed by atoms with van der Waals surface area (Å²) in [6.45, 7) is -1.48. The minimum atomic E-state index is -5.34. The molecule has 1 heterocycles. The van der Waals surface area contributed by atoms with Gasteiger partial charge < -0.3 is 40.3 Å². The number of aliphatic hydroxyl groups excluding tert-OH is 7. The normalized spacial score (nSPS) is 33.2. The van der Waals surface area contributed by atoms with Crippen LogP contribution in [-0.2, 0) is 25.5 Å². The molecule has 11 nitrogen and oxygen atoms in total. The van der Waals surface area contributed by atoms with E-state index >= 15 is 0 Å². The van der Waals surface area contributed by atoms with Gasteiger partial charge in [-0.2, -0.15) is 0 Å². The molecule has 1 aliphatic rings. The Morgan fingerprint density at radius 2 is 1.75 bits per heavy atom. The molecule has 0 radical (unpaired) electrons. The maximum absolute atomic E-state index is 10.8. The van der Waals surface area contributed by atoms with E-state index in [1.54, 1.807) is 0 Å². The largest absolute Gasteiger partial charge is 0.726 e. The molecule has 13 heteroatoms. The van der Waals surface area contributed by atoms with Crippen LogP contribution < -0.4 is 0 Å². The SMILES string of the molecule is O=S(=O)([O-])O[C@@H]([C@H](O)[C@H](O)CO)[C@@H](O)C[S+]1C[C@@H](O)[C@H](O)[C@H]1CO. The van der Waals surface area contributed by atoms with Gasteiger partial charge in [-0.1, -0.05) is 0 Å². The molecule has 0 bridgehead atoms. The van der Waals surface area contributed by atoms with Crippen LogP contribution in [0.25, 0.3) is 0 Å². The Morgan fingerprint density at radius 1 is 1.17 bits per heavy atom. The third-order valence-electron chi connectivity index (χ3n) is 3.68. The van der Waals surface area contributed by atoms with Crippen molar-refractivity contribution in [1.82, 2.24) is 0 Å². The molecule has 0 amide bonds. The molecule has 0 saturated carbocycles. The fraction of sp³-hybridized carbons (Fsp3) is 1.00. The Bertz CT molecular complexity index is 486. The summed E-state index contributed by atoms with van der Waals surface area (Å²) in [5.41, 5.74) is 0. The Balaban J connectivity index is 2.89. The molecule has 0 spiro atoms. The van der Waals surface area contributed by atoms with E-state index in [9.17, 15) is 43.6 Å². The van der Waals surface area contributed by atoms with Crippen molar-refractivity contribution < 1.29 is 52.9 Å². The van der Waals surface area contributed by atoms with Crippen LogP contribution >= 0.6 is 0 Å². The smallest absolute Gasteiger partial charge is 0.218 e. The van der Waals surface area contributed by atoms with E-state index in [0.717, 1.165) is 0 Å². The highest BCUT2D eigenvalue weighted by Gasteiger charge is 2.51. The van der Waals surface area contributed by atoms with E-state index in [1.807, 2.05) is 0 Å². The number of rotatable bonds is 9. The lowest BCUT2D eigenvalue weighted by Crippen LogP contribution is -2.51. The lowest BCUT2D eigenvalue weighted by atomic mass is 10.0. The first kappa shape index (κ1) is 22.0. The standard InChI is InChI=1S/C11H22O11S2/c12-1-5(14)10(18)11(22-24(19,20)21)7(16)4-23-3-6(15)9(17)8(23)2-13/h5-18H,1-4H2/t5-,6-,7+,8-,9+,10-,11-,23?/m1/s1. The predicted molar refractivity (Wildman–Crippen MR) is 79.7 cm³/mol. The van der Waals surface area contributed by atoms with Crippen LogP contribution in [0, 0.1) is 0 Å². The van der Waals surface area contributed by atoms with Gasteiger partial charge in [-0.3, -0.25) is 4.18 Å². The lowest BCUT2D eigenvalue weighted by Gasteiger charge is -2.30. The Morgan fingerprint density at radius 3 is 2.21 bits per heavy atom. The molecule has 0 aromatic rings. The van der Waals surface area contributed by atoms with E-state index in [-0.39, 0.29) is 11.5 Å². The van der Waals surface area contributed by atoms with Crippen molar-refractivity contribution >= 4 is 21.3 Å². The predicted octanol–water partition coefficient (Wildman–Crippen LogP) is -5.38. The zero-order valence-electron chi connectivity index (χ0n) is 12.4. The van der Waals surface area contributed by atoms with Gasteiger partial charge in [-0.25, -0.2) is 8.42 Å². The third-order valence-corrected chi connectivity index (χ3v) is 6.96. The first-order valence-corrected chi connectivity index (χ1v) is 9.90. The highest BCUT2D eigenvalue weighted by molar-refractivity contribution is 7.97. The molecule has 8 atom stereocenters. The van der Waals surface area contributed by atoms with Gasteiger partial charge in [0, 0.05) is 10.9 Å². The van der Waals surface area contributed by atoms with Crippen LogP contribution in [0.5, 0.6) is 0 Å². The van der Waals surface area contributed by atoms with Crippen molar-refractivity contribution in [2.75, 3.05) is 24.7 Å². The summed E-state index contributed by atoms with van der Waals surface area (Å²) in [5, 5.41) is 65.9. The Hall–Kier alpha value is -0.0600. The Kier molecular flexibility index (Phi) is 8.28. The van der Waals surface area contributed by atoms with Crippen molar-refractivity contribution in [2.45, 2.75) is 41.9 Å². The molecule has 1 unspecified atom stereocenters. The van der Waals surface area contributed by atoms with Gasteiger partial charge in [0.1, 0.15) is 48.1 Å². The summed E-state index contributed by atoms with van der Waals surface area (Å²) < 4.78 is 36.4. The maximum Gasteiger partial charge on any atom is 0.218 e.